The van der Waals surface area contributed by atoms with E-state index < -0.39 is 11.3 Å². The maximum atomic E-state index is 14.8. The molecule has 5 aromatic rings. The topological polar surface area (TPSA) is 29.1 Å². The normalized spacial score (nSPS) is 16.8. The lowest BCUT2D eigenvalue weighted by atomic mass is 9.56. The van der Waals surface area contributed by atoms with Crippen molar-refractivity contribution in [2.75, 3.05) is 5.32 Å². The van der Waals surface area contributed by atoms with Gasteiger partial charge in [-0.3, -0.25) is 4.79 Å². The van der Waals surface area contributed by atoms with Gasteiger partial charge in [-0.05, 0) is 45.5 Å². The molecule has 1 aliphatic carbocycles. The van der Waals surface area contributed by atoms with E-state index in [1.165, 1.54) is 0 Å². The molecule has 5 aromatic carbocycles. The fourth-order valence-electron chi connectivity index (χ4n) is 6.32. The van der Waals surface area contributed by atoms with Crippen molar-refractivity contribution in [3.05, 3.63) is 179 Å². The molecule has 1 spiro atoms. The molecule has 0 radical (unpaired) electrons. The highest BCUT2D eigenvalue weighted by atomic mass is 16.1. The van der Waals surface area contributed by atoms with Crippen molar-refractivity contribution in [3.8, 4) is 0 Å². The minimum Gasteiger partial charge on any atom is -0.355 e. The van der Waals surface area contributed by atoms with Crippen LogP contribution < -0.4 is 5.32 Å². The van der Waals surface area contributed by atoms with E-state index in [-0.39, 0.29) is 5.78 Å². The first kappa shape index (κ1) is 23.2. The Morgan fingerprint density at radius 3 is 1.64 bits per heavy atom. The van der Waals surface area contributed by atoms with Crippen molar-refractivity contribution >= 4 is 28.3 Å². The van der Waals surface area contributed by atoms with Crippen LogP contribution in [0, 0.1) is 5.92 Å². The van der Waals surface area contributed by atoms with Gasteiger partial charge in [0.15, 0.2) is 5.78 Å². The number of rotatable bonds is 4. The molecule has 1 aliphatic heterocycles. The first-order chi connectivity index (χ1) is 19.3. The van der Waals surface area contributed by atoms with Gasteiger partial charge < -0.3 is 5.32 Å². The van der Waals surface area contributed by atoms with Crippen molar-refractivity contribution in [1.29, 1.82) is 0 Å². The summed E-state index contributed by atoms with van der Waals surface area (Å²) in [6.45, 7) is 0. The first-order valence-corrected chi connectivity index (χ1v) is 13.4. The number of allylic oxidation sites excluding steroid dienone is 4. The van der Waals surface area contributed by atoms with E-state index in [0.717, 1.165) is 44.8 Å². The van der Waals surface area contributed by atoms with Gasteiger partial charge in [-0.2, -0.15) is 0 Å². The number of para-hydroxylation sites is 2. The molecule has 2 nitrogen and oxygen atoms in total. The van der Waals surface area contributed by atoms with Crippen molar-refractivity contribution < 1.29 is 4.79 Å². The van der Waals surface area contributed by atoms with Gasteiger partial charge >= 0.3 is 0 Å². The quantitative estimate of drug-likeness (QED) is 0.250. The Morgan fingerprint density at radius 1 is 0.564 bits per heavy atom. The minimum atomic E-state index is -0.726. The number of carbonyl (C=O) groups excluding carboxylic acids is 1. The van der Waals surface area contributed by atoms with Crippen LogP contribution in [-0.2, 0) is 5.41 Å². The van der Waals surface area contributed by atoms with Crippen LogP contribution in [0.2, 0.25) is 0 Å². The summed E-state index contributed by atoms with van der Waals surface area (Å²) in [5, 5.41) is 3.66. The molecule has 39 heavy (non-hydrogen) atoms. The van der Waals surface area contributed by atoms with Gasteiger partial charge in [0.1, 0.15) is 0 Å². The van der Waals surface area contributed by atoms with E-state index in [1.54, 1.807) is 0 Å². The molecule has 2 heteroatoms. The number of ketones is 1. The molecule has 1 N–H and O–H groups in total. The number of nitrogens with one attached hydrogen (secondary N) is 1. The van der Waals surface area contributed by atoms with Gasteiger partial charge in [0.2, 0.25) is 0 Å². The Bertz CT molecular complexity index is 1690. The minimum absolute atomic E-state index is 0.112. The monoisotopic (exact) mass is 501 g/mol. The third kappa shape index (κ3) is 3.76. The molecular formula is C37H27NO. The third-order valence-corrected chi connectivity index (χ3v) is 8.01. The molecule has 186 valence electrons. The smallest absolute Gasteiger partial charge is 0.171 e. The molecule has 1 heterocycles. The Hall–Kier alpha value is -4.95. The van der Waals surface area contributed by atoms with Crippen molar-refractivity contribution in [2.24, 2.45) is 5.92 Å². The molecule has 0 aromatic heterocycles. The summed E-state index contributed by atoms with van der Waals surface area (Å²) in [6, 6.07) is 47.5. The summed E-state index contributed by atoms with van der Waals surface area (Å²) >= 11 is 0. The largest absolute Gasteiger partial charge is 0.355 e. The van der Waals surface area contributed by atoms with Crippen molar-refractivity contribution in [1.82, 2.24) is 0 Å². The van der Waals surface area contributed by atoms with Gasteiger partial charge in [0.25, 0.3) is 0 Å². The van der Waals surface area contributed by atoms with Gasteiger partial charge in [0, 0.05) is 16.9 Å². The van der Waals surface area contributed by atoms with Crippen molar-refractivity contribution in [3.63, 3.8) is 0 Å². The SMILES string of the molecule is O=C(c1ccccc1)C1C(c2ccccc2)=CC(c2ccccc2)=CC12c1ccccc1Nc1ccccc12. The lowest BCUT2D eigenvalue weighted by Gasteiger charge is -2.47. The maximum Gasteiger partial charge on any atom is 0.171 e. The highest BCUT2D eigenvalue weighted by Crippen LogP contribution is 2.58. The fraction of sp³-hybridized carbons (Fsp3) is 0.0541. The molecule has 0 amide bonds. The van der Waals surface area contributed by atoms with Gasteiger partial charge in [-0.15, -0.1) is 0 Å². The zero-order valence-corrected chi connectivity index (χ0v) is 21.4. The van der Waals surface area contributed by atoms with Crippen LogP contribution in [0.4, 0.5) is 11.4 Å². The second-order valence-electron chi connectivity index (χ2n) is 10.2. The van der Waals surface area contributed by atoms with Gasteiger partial charge in [-0.1, -0.05) is 140 Å². The number of Topliss-reactive ketones (excluding diaryl/α,β-unsaturated/α-hetero) is 1. The lowest BCUT2D eigenvalue weighted by Crippen LogP contribution is -2.44. The number of carbonyl (C=O) groups is 1. The second kappa shape index (κ2) is 9.41. The standard InChI is InChI=1S/C37H27NO/c39-36(28-18-8-3-9-19-28)35-30(27-16-6-2-7-17-27)24-29(26-14-4-1-5-15-26)25-37(35)31-20-10-12-22-33(31)38-34-23-13-11-21-32(34)37/h1-25,35,38H. The van der Waals surface area contributed by atoms with E-state index >= 15 is 0 Å². The molecule has 0 saturated heterocycles. The highest BCUT2D eigenvalue weighted by Gasteiger charge is 2.52. The predicted octanol–water partition coefficient (Wildman–Crippen LogP) is 8.71. The first-order valence-electron chi connectivity index (χ1n) is 13.4. The van der Waals surface area contributed by atoms with Gasteiger partial charge in [0.05, 0.1) is 11.3 Å². The Morgan fingerprint density at radius 2 is 1.05 bits per heavy atom. The van der Waals surface area contributed by atoms with Crippen molar-refractivity contribution in [2.45, 2.75) is 5.41 Å². The molecular weight excluding hydrogens is 474 g/mol. The zero-order valence-electron chi connectivity index (χ0n) is 21.4. The van der Waals surface area contributed by atoms with E-state index in [4.69, 9.17) is 0 Å². The third-order valence-electron chi connectivity index (χ3n) is 8.01. The van der Waals surface area contributed by atoms with Crippen LogP contribution >= 0.6 is 0 Å². The van der Waals surface area contributed by atoms with Crippen LogP contribution in [0.3, 0.4) is 0 Å². The van der Waals surface area contributed by atoms with Gasteiger partial charge in [-0.25, -0.2) is 0 Å². The van der Waals surface area contributed by atoms with E-state index in [9.17, 15) is 4.79 Å². The van der Waals surface area contributed by atoms with Crippen LogP contribution in [0.1, 0.15) is 32.6 Å². The number of hydrogen-bond donors (Lipinski definition) is 1. The highest BCUT2D eigenvalue weighted by molar-refractivity contribution is 6.10. The predicted molar refractivity (Wildman–Crippen MR) is 160 cm³/mol. The number of benzene rings is 5. The summed E-state index contributed by atoms with van der Waals surface area (Å²) in [4.78, 5) is 14.8. The number of fused-ring (bicyclic) bond motifs is 4. The average molecular weight is 502 g/mol. The molecule has 0 bridgehead atoms. The zero-order chi connectivity index (χ0) is 26.2. The molecule has 1 unspecified atom stereocenters. The summed E-state index contributed by atoms with van der Waals surface area (Å²) < 4.78 is 0. The van der Waals surface area contributed by atoms with E-state index in [2.05, 4.69) is 115 Å². The van der Waals surface area contributed by atoms with Crippen LogP contribution in [0.25, 0.3) is 11.1 Å². The van der Waals surface area contributed by atoms with Crippen LogP contribution in [0.5, 0.6) is 0 Å². The Labute approximate surface area is 229 Å². The molecule has 0 saturated carbocycles. The fourth-order valence-corrected chi connectivity index (χ4v) is 6.32. The number of anilines is 2. The van der Waals surface area contributed by atoms with E-state index in [1.807, 2.05) is 42.5 Å². The molecule has 7 rings (SSSR count). The number of hydrogen-bond acceptors (Lipinski definition) is 2. The van der Waals surface area contributed by atoms with Crippen LogP contribution in [0.15, 0.2) is 152 Å². The second-order valence-corrected chi connectivity index (χ2v) is 10.2. The summed E-state index contributed by atoms with van der Waals surface area (Å²) in [5.74, 6) is -0.361. The lowest BCUT2D eigenvalue weighted by molar-refractivity contribution is 0.0925. The maximum absolute atomic E-state index is 14.8. The summed E-state index contributed by atoms with van der Waals surface area (Å²) in [7, 11) is 0. The summed E-state index contributed by atoms with van der Waals surface area (Å²) in [6.07, 6.45) is 4.58. The molecule has 2 aliphatic rings. The Balaban J connectivity index is 1.61. The summed E-state index contributed by atoms with van der Waals surface area (Å²) in [5.41, 5.74) is 8.58. The molecule has 0 fully saturated rings. The average Bonchev–Trinajstić information content (AvgIpc) is 3.02. The van der Waals surface area contributed by atoms with E-state index in [0.29, 0.717) is 5.56 Å². The molecule has 1 atom stereocenters. The Kier molecular flexibility index (Phi) is 5.60. The van der Waals surface area contributed by atoms with Crippen LogP contribution in [-0.4, -0.2) is 5.78 Å².